The van der Waals surface area contributed by atoms with Crippen LogP contribution in [0.2, 0.25) is 0 Å². The van der Waals surface area contributed by atoms with Gasteiger partial charge >= 0.3 is 6.18 Å². The summed E-state index contributed by atoms with van der Waals surface area (Å²) in [6.45, 7) is 1.78. The number of rotatable bonds is 4. The first-order valence-electron chi connectivity index (χ1n) is 6.60. The van der Waals surface area contributed by atoms with Crippen LogP contribution in [0.1, 0.15) is 37.9 Å². The minimum absolute atomic E-state index is 0.0795. The number of aromatic nitrogens is 1. The topological polar surface area (TPSA) is 50.3 Å². The number of Topliss-reactive ketones (excluding diaryl/α,β-unsaturated/α-hetero) is 1. The van der Waals surface area contributed by atoms with Crippen molar-refractivity contribution in [3.8, 4) is 0 Å². The monoisotopic (exact) mass is 342 g/mol. The Kier molecular flexibility index (Phi) is 4.84. The van der Waals surface area contributed by atoms with Crippen molar-refractivity contribution in [1.29, 1.82) is 0 Å². The summed E-state index contributed by atoms with van der Waals surface area (Å²) >= 11 is 0.541. The van der Waals surface area contributed by atoms with Crippen molar-refractivity contribution in [2.45, 2.75) is 19.1 Å². The lowest BCUT2D eigenvalue weighted by Crippen LogP contribution is -2.29. The lowest BCUT2D eigenvalue weighted by atomic mass is 10.1. The van der Waals surface area contributed by atoms with E-state index in [0.29, 0.717) is 11.3 Å². The molecular formula is C15H13F3N2O2S. The van der Waals surface area contributed by atoms with E-state index in [1.807, 2.05) is 0 Å². The van der Waals surface area contributed by atoms with Gasteiger partial charge in [-0.1, -0.05) is 6.07 Å². The standard InChI is InChI=1S/C15H13F3N2O2S/c1-9(10-4-3-7-19-8-10)20(2)14(22)12-6-5-11(23-12)13(21)15(16,17)18/h3-9H,1-2H3. The van der Waals surface area contributed by atoms with Crippen molar-refractivity contribution in [2.75, 3.05) is 7.05 Å². The Morgan fingerprint density at radius 2 is 1.87 bits per heavy atom. The fourth-order valence-electron chi connectivity index (χ4n) is 1.91. The van der Waals surface area contributed by atoms with Crippen LogP contribution < -0.4 is 0 Å². The first kappa shape index (κ1) is 17.1. The van der Waals surface area contributed by atoms with Gasteiger partial charge in [-0.3, -0.25) is 14.6 Å². The second-order valence-corrected chi connectivity index (χ2v) is 5.95. The van der Waals surface area contributed by atoms with Gasteiger partial charge in [-0.15, -0.1) is 11.3 Å². The predicted octanol–water partition coefficient (Wildman–Crippen LogP) is 3.72. The predicted molar refractivity (Wildman–Crippen MR) is 79.5 cm³/mol. The van der Waals surface area contributed by atoms with Crippen molar-refractivity contribution in [3.63, 3.8) is 0 Å². The molecule has 0 radical (unpaired) electrons. The summed E-state index contributed by atoms with van der Waals surface area (Å²) in [6, 6.07) is 5.48. The van der Waals surface area contributed by atoms with Crippen LogP contribution in [0.15, 0.2) is 36.7 Å². The molecule has 4 nitrogen and oxygen atoms in total. The number of halogens is 3. The Hall–Kier alpha value is -2.22. The molecule has 0 aliphatic heterocycles. The minimum atomic E-state index is -4.94. The molecule has 8 heteroatoms. The van der Waals surface area contributed by atoms with Crippen LogP contribution in [0, 0.1) is 0 Å². The van der Waals surface area contributed by atoms with Gasteiger partial charge in [-0.05, 0) is 30.7 Å². The zero-order chi connectivity index (χ0) is 17.2. The van der Waals surface area contributed by atoms with E-state index in [0.717, 1.165) is 11.6 Å². The molecule has 23 heavy (non-hydrogen) atoms. The number of carbonyl (C=O) groups is 2. The van der Waals surface area contributed by atoms with E-state index in [9.17, 15) is 22.8 Å². The van der Waals surface area contributed by atoms with Gasteiger partial charge in [0, 0.05) is 19.4 Å². The summed E-state index contributed by atoms with van der Waals surface area (Å²) < 4.78 is 37.2. The summed E-state index contributed by atoms with van der Waals surface area (Å²) in [7, 11) is 1.55. The smallest absolute Gasteiger partial charge is 0.334 e. The Morgan fingerprint density at radius 3 is 2.43 bits per heavy atom. The van der Waals surface area contributed by atoms with Crippen molar-refractivity contribution in [2.24, 2.45) is 0 Å². The van der Waals surface area contributed by atoms with Crippen molar-refractivity contribution in [1.82, 2.24) is 9.88 Å². The largest absolute Gasteiger partial charge is 0.455 e. The molecule has 0 saturated carbocycles. The molecule has 122 valence electrons. The van der Waals surface area contributed by atoms with Crippen LogP contribution in [-0.2, 0) is 0 Å². The van der Waals surface area contributed by atoms with Crippen LogP contribution in [-0.4, -0.2) is 34.8 Å². The van der Waals surface area contributed by atoms with E-state index in [1.54, 1.807) is 38.5 Å². The third-order valence-electron chi connectivity index (χ3n) is 3.37. The summed E-state index contributed by atoms with van der Waals surface area (Å²) in [5.41, 5.74) is 0.798. The highest BCUT2D eigenvalue weighted by molar-refractivity contribution is 7.16. The Balaban J connectivity index is 2.18. The first-order valence-corrected chi connectivity index (χ1v) is 7.42. The van der Waals surface area contributed by atoms with E-state index in [2.05, 4.69) is 4.98 Å². The molecule has 0 spiro atoms. The van der Waals surface area contributed by atoms with Gasteiger partial charge in [-0.2, -0.15) is 13.2 Å². The number of thiophene rings is 1. The molecule has 0 saturated heterocycles. The molecule has 0 aliphatic rings. The second-order valence-electron chi connectivity index (χ2n) is 4.87. The number of carbonyl (C=O) groups excluding carboxylic acids is 2. The maximum atomic E-state index is 12.4. The Bertz CT molecular complexity index is 713. The lowest BCUT2D eigenvalue weighted by Gasteiger charge is -2.24. The Labute approximate surface area is 134 Å². The third-order valence-corrected chi connectivity index (χ3v) is 4.44. The molecule has 2 heterocycles. The molecular weight excluding hydrogens is 329 g/mol. The maximum Gasteiger partial charge on any atom is 0.455 e. The molecule has 1 atom stereocenters. The van der Waals surface area contributed by atoms with Crippen LogP contribution in [0.3, 0.4) is 0 Å². The lowest BCUT2D eigenvalue weighted by molar-refractivity contribution is -0.0882. The summed E-state index contributed by atoms with van der Waals surface area (Å²) in [5.74, 6) is -2.39. The molecule has 0 aliphatic carbocycles. The number of hydrogen-bond acceptors (Lipinski definition) is 4. The highest BCUT2D eigenvalue weighted by Gasteiger charge is 2.40. The highest BCUT2D eigenvalue weighted by Crippen LogP contribution is 2.28. The van der Waals surface area contributed by atoms with Gasteiger partial charge in [0.05, 0.1) is 15.8 Å². The van der Waals surface area contributed by atoms with E-state index in [-0.39, 0.29) is 10.9 Å². The molecule has 0 fully saturated rings. The number of ketones is 1. The van der Waals surface area contributed by atoms with Gasteiger partial charge in [0.15, 0.2) is 0 Å². The van der Waals surface area contributed by atoms with Gasteiger partial charge in [-0.25, -0.2) is 0 Å². The molecule has 2 aromatic heterocycles. The highest BCUT2D eigenvalue weighted by atomic mass is 32.1. The summed E-state index contributed by atoms with van der Waals surface area (Å²) in [6.07, 6.45) is -1.73. The van der Waals surface area contributed by atoms with E-state index in [1.165, 1.54) is 11.0 Å². The van der Waals surface area contributed by atoms with Gasteiger partial charge in [0.2, 0.25) is 0 Å². The van der Waals surface area contributed by atoms with Crippen molar-refractivity contribution < 1.29 is 22.8 Å². The van der Waals surface area contributed by atoms with Crippen LogP contribution in [0.5, 0.6) is 0 Å². The average Bonchev–Trinajstić information content (AvgIpc) is 3.01. The van der Waals surface area contributed by atoms with Gasteiger partial charge < -0.3 is 4.90 Å². The quantitative estimate of drug-likeness (QED) is 0.796. The van der Waals surface area contributed by atoms with Crippen LogP contribution >= 0.6 is 11.3 Å². The summed E-state index contributed by atoms with van der Waals surface area (Å²) in [5, 5.41) is 0. The fourth-order valence-corrected chi connectivity index (χ4v) is 2.86. The first-order chi connectivity index (χ1) is 10.7. The van der Waals surface area contributed by atoms with Crippen molar-refractivity contribution >= 4 is 23.0 Å². The Morgan fingerprint density at radius 1 is 1.22 bits per heavy atom. The molecule has 2 aromatic rings. The summed E-state index contributed by atoms with van der Waals surface area (Å²) in [4.78, 5) is 28.5. The van der Waals surface area contributed by atoms with Crippen LogP contribution in [0.25, 0.3) is 0 Å². The minimum Gasteiger partial charge on any atom is -0.334 e. The molecule has 0 bridgehead atoms. The zero-order valence-electron chi connectivity index (χ0n) is 12.3. The number of nitrogens with zero attached hydrogens (tertiary/aromatic N) is 2. The normalized spacial score (nSPS) is 12.7. The average molecular weight is 342 g/mol. The molecule has 0 aromatic carbocycles. The fraction of sp³-hybridized carbons (Fsp3) is 0.267. The van der Waals surface area contributed by atoms with E-state index < -0.39 is 22.7 Å². The number of alkyl halides is 3. The number of hydrogen-bond donors (Lipinski definition) is 0. The maximum absolute atomic E-state index is 12.4. The zero-order valence-corrected chi connectivity index (χ0v) is 13.1. The number of pyridine rings is 1. The molecule has 0 N–H and O–H groups in total. The SMILES string of the molecule is CC(c1cccnc1)N(C)C(=O)c1ccc(C(=O)C(F)(F)F)s1. The molecule has 1 unspecified atom stereocenters. The van der Waals surface area contributed by atoms with E-state index >= 15 is 0 Å². The van der Waals surface area contributed by atoms with Gasteiger partial charge in [0.25, 0.3) is 11.7 Å². The molecule has 2 rings (SSSR count). The second kappa shape index (κ2) is 6.49. The van der Waals surface area contributed by atoms with Crippen molar-refractivity contribution in [3.05, 3.63) is 52.0 Å². The number of amides is 1. The van der Waals surface area contributed by atoms with Gasteiger partial charge in [0.1, 0.15) is 0 Å². The third kappa shape index (κ3) is 3.76. The van der Waals surface area contributed by atoms with E-state index in [4.69, 9.17) is 0 Å². The van der Waals surface area contributed by atoms with Crippen LogP contribution in [0.4, 0.5) is 13.2 Å². The molecule has 1 amide bonds.